The minimum Gasteiger partial charge on any atom is -0.468 e. The van der Waals surface area contributed by atoms with Crippen LogP contribution in [-0.2, 0) is 0 Å². The van der Waals surface area contributed by atoms with Gasteiger partial charge in [0.15, 0.2) is 0 Å². The van der Waals surface area contributed by atoms with E-state index in [4.69, 9.17) is 15.3 Å². The number of hydrogen-bond donors (Lipinski definition) is 2. The Kier molecular flexibility index (Phi) is 2.55. The molecule has 0 aliphatic carbocycles. The van der Waals surface area contributed by atoms with Crippen molar-refractivity contribution in [2.75, 3.05) is 6.61 Å². The van der Waals surface area contributed by atoms with Crippen molar-refractivity contribution < 1.29 is 9.52 Å². The molecule has 1 unspecified atom stereocenters. The van der Waals surface area contributed by atoms with Gasteiger partial charge in [0, 0.05) is 5.41 Å². The van der Waals surface area contributed by atoms with Crippen molar-refractivity contribution in [3.8, 4) is 0 Å². The van der Waals surface area contributed by atoms with E-state index in [-0.39, 0.29) is 18.1 Å². The van der Waals surface area contributed by atoms with Crippen LogP contribution in [0.15, 0.2) is 22.8 Å². The van der Waals surface area contributed by atoms with Gasteiger partial charge in [0.05, 0.1) is 18.9 Å². The lowest BCUT2D eigenvalue weighted by Crippen LogP contribution is -2.32. The van der Waals surface area contributed by atoms with Crippen LogP contribution in [0.3, 0.4) is 0 Å². The summed E-state index contributed by atoms with van der Waals surface area (Å²) in [7, 11) is 0. The van der Waals surface area contributed by atoms with E-state index in [2.05, 4.69) is 0 Å². The fourth-order valence-corrected chi connectivity index (χ4v) is 0.952. The molecule has 0 fully saturated rings. The highest BCUT2D eigenvalue weighted by atomic mass is 16.3. The Balaban J connectivity index is 2.78. The van der Waals surface area contributed by atoms with Gasteiger partial charge in [-0.05, 0) is 12.1 Å². The molecule has 1 rings (SSSR count). The summed E-state index contributed by atoms with van der Waals surface area (Å²) in [6.45, 7) is 3.86. The number of aliphatic hydroxyl groups is 1. The number of rotatable bonds is 3. The topological polar surface area (TPSA) is 59.4 Å². The van der Waals surface area contributed by atoms with Crippen LogP contribution in [0.2, 0.25) is 0 Å². The van der Waals surface area contributed by atoms with Gasteiger partial charge in [0.2, 0.25) is 0 Å². The minimum atomic E-state index is -0.335. The largest absolute Gasteiger partial charge is 0.468 e. The Hall–Kier alpha value is -0.800. The van der Waals surface area contributed by atoms with Crippen LogP contribution in [0.25, 0.3) is 0 Å². The summed E-state index contributed by atoms with van der Waals surface area (Å²) in [6, 6.07) is 3.36. The third-order valence-corrected chi connectivity index (χ3v) is 2.10. The maximum Gasteiger partial charge on any atom is 0.121 e. The van der Waals surface area contributed by atoms with E-state index in [1.807, 2.05) is 19.9 Å². The van der Waals surface area contributed by atoms with Crippen molar-refractivity contribution >= 4 is 0 Å². The van der Waals surface area contributed by atoms with Crippen molar-refractivity contribution in [1.29, 1.82) is 0 Å². The Labute approximate surface area is 72.2 Å². The normalized spacial score (nSPS) is 14.7. The van der Waals surface area contributed by atoms with Gasteiger partial charge in [-0.3, -0.25) is 0 Å². The maximum absolute atomic E-state index is 9.04. The Morgan fingerprint density at radius 3 is 2.75 bits per heavy atom. The molecule has 1 heterocycles. The van der Waals surface area contributed by atoms with Gasteiger partial charge in [0.1, 0.15) is 5.76 Å². The molecule has 0 aliphatic heterocycles. The lowest BCUT2D eigenvalue weighted by Gasteiger charge is -2.27. The predicted octanol–water partition coefficient (Wildman–Crippen LogP) is 1.30. The first-order valence-electron chi connectivity index (χ1n) is 3.98. The van der Waals surface area contributed by atoms with Gasteiger partial charge in [-0.25, -0.2) is 0 Å². The van der Waals surface area contributed by atoms with Gasteiger partial charge in [0.25, 0.3) is 0 Å². The molecular weight excluding hydrogens is 154 g/mol. The van der Waals surface area contributed by atoms with Crippen LogP contribution < -0.4 is 5.73 Å². The fourth-order valence-electron chi connectivity index (χ4n) is 0.952. The van der Waals surface area contributed by atoms with Crippen LogP contribution in [0.4, 0.5) is 0 Å². The van der Waals surface area contributed by atoms with Gasteiger partial charge < -0.3 is 15.3 Å². The van der Waals surface area contributed by atoms with E-state index in [1.54, 1.807) is 12.3 Å². The molecule has 0 saturated carbocycles. The third kappa shape index (κ3) is 1.68. The summed E-state index contributed by atoms with van der Waals surface area (Å²) in [5.41, 5.74) is 5.54. The molecule has 68 valence electrons. The second-order valence-corrected chi connectivity index (χ2v) is 3.64. The van der Waals surface area contributed by atoms with Gasteiger partial charge in [-0.15, -0.1) is 0 Å². The zero-order valence-corrected chi connectivity index (χ0v) is 7.45. The molecule has 1 aromatic heterocycles. The lowest BCUT2D eigenvalue weighted by atomic mass is 9.84. The highest BCUT2D eigenvalue weighted by Crippen LogP contribution is 2.30. The van der Waals surface area contributed by atoms with E-state index >= 15 is 0 Å². The van der Waals surface area contributed by atoms with Crippen molar-refractivity contribution in [3.05, 3.63) is 24.2 Å². The van der Waals surface area contributed by atoms with Crippen LogP contribution >= 0.6 is 0 Å². The van der Waals surface area contributed by atoms with Crippen molar-refractivity contribution in [3.63, 3.8) is 0 Å². The predicted molar refractivity (Wildman–Crippen MR) is 46.5 cm³/mol. The van der Waals surface area contributed by atoms with Gasteiger partial charge >= 0.3 is 0 Å². The van der Waals surface area contributed by atoms with E-state index in [9.17, 15) is 0 Å². The summed E-state index contributed by atoms with van der Waals surface area (Å²) < 4.78 is 5.15. The molecule has 0 saturated heterocycles. The summed E-state index contributed by atoms with van der Waals surface area (Å²) in [4.78, 5) is 0. The van der Waals surface area contributed by atoms with Crippen LogP contribution in [-0.4, -0.2) is 11.7 Å². The zero-order valence-electron chi connectivity index (χ0n) is 7.45. The highest BCUT2D eigenvalue weighted by molar-refractivity contribution is 5.07. The molecule has 0 aromatic carbocycles. The summed E-state index contributed by atoms with van der Waals surface area (Å²) >= 11 is 0. The summed E-state index contributed by atoms with van der Waals surface area (Å²) in [5, 5.41) is 9.04. The van der Waals surface area contributed by atoms with E-state index in [0.29, 0.717) is 5.76 Å². The summed E-state index contributed by atoms with van der Waals surface area (Å²) in [6.07, 6.45) is 1.59. The number of aliphatic hydroxyl groups excluding tert-OH is 1. The SMILES string of the molecule is CC(C)(CO)C(N)c1ccco1. The lowest BCUT2D eigenvalue weighted by molar-refractivity contribution is 0.123. The molecule has 3 N–H and O–H groups in total. The molecule has 3 nitrogen and oxygen atoms in total. The molecule has 3 heteroatoms. The first-order chi connectivity index (χ1) is 5.58. The molecule has 0 bridgehead atoms. The van der Waals surface area contributed by atoms with Gasteiger partial charge in [-0.2, -0.15) is 0 Å². The van der Waals surface area contributed by atoms with Gasteiger partial charge in [-0.1, -0.05) is 13.8 Å². The second-order valence-electron chi connectivity index (χ2n) is 3.64. The number of nitrogens with two attached hydrogens (primary N) is 1. The zero-order chi connectivity index (χ0) is 9.19. The second kappa shape index (κ2) is 3.29. The Morgan fingerprint density at radius 1 is 1.67 bits per heavy atom. The van der Waals surface area contributed by atoms with Crippen molar-refractivity contribution in [2.24, 2.45) is 11.1 Å². The number of hydrogen-bond acceptors (Lipinski definition) is 3. The quantitative estimate of drug-likeness (QED) is 0.717. The molecule has 12 heavy (non-hydrogen) atoms. The smallest absolute Gasteiger partial charge is 0.121 e. The maximum atomic E-state index is 9.04. The Bertz CT molecular complexity index is 229. The average Bonchev–Trinajstić information content (AvgIpc) is 2.55. The minimum absolute atomic E-state index is 0.0505. The molecule has 0 aliphatic rings. The van der Waals surface area contributed by atoms with E-state index < -0.39 is 0 Å². The first kappa shape index (κ1) is 9.29. The number of furan rings is 1. The first-order valence-corrected chi connectivity index (χ1v) is 3.98. The Morgan fingerprint density at radius 2 is 2.33 bits per heavy atom. The van der Waals surface area contributed by atoms with E-state index in [0.717, 1.165) is 0 Å². The van der Waals surface area contributed by atoms with Crippen LogP contribution in [0.5, 0.6) is 0 Å². The van der Waals surface area contributed by atoms with Crippen molar-refractivity contribution in [2.45, 2.75) is 19.9 Å². The van der Waals surface area contributed by atoms with Crippen molar-refractivity contribution in [1.82, 2.24) is 0 Å². The average molecular weight is 169 g/mol. The molecule has 1 atom stereocenters. The molecule has 0 radical (unpaired) electrons. The standard InChI is InChI=1S/C9H15NO2/c1-9(2,6-11)8(10)7-4-3-5-12-7/h3-5,8,11H,6,10H2,1-2H3. The highest BCUT2D eigenvalue weighted by Gasteiger charge is 2.28. The molecular formula is C9H15NO2. The fraction of sp³-hybridized carbons (Fsp3) is 0.556. The van der Waals surface area contributed by atoms with Crippen LogP contribution in [0.1, 0.15) is 25.6 Å². The summed E-state index contributed by atoms with van der Waals surface area (Å²) in [5.74, 6) is 0.717. The monoisotopic (exact) mass is 169 g/mol. The molecule has 1 aromatic rings. The molecule has 0 amide bonds. The third-order valence-electron chi connectivity index (χ3n) is 2.10. The van der Waals surface area contributed by atoms with E-state index in [1.165, 1.54) is 0 Å². The molecule has 0 spiro atoms. The van der Waals surface area contributed by atoms with Crippen LogP contribution in [0, 0.1) is 5.41 Å².